The SMILES string of the molecule is CCSC(c1ncc(-c2ccc(OCCN3CCCC3)cc2)o1)c1ccccc1O. The largest absolute Gasteiger partial charge is 0.508 e. The zero-order valence-electron chi connectivity index (χ0n) is 17.3. The maximum Gasteiger partial charge on any atom is 0.212 e. The summed E-state index contributed by atoms with van der Waals surface area (Å²) in [5.74, 6) is 3.33. The molecule has 1 saturated heterocycles. The molecule has 0 amide bonds. The second-order valence-corrected chi connectivity index (χ2v) is 8.76. The molecule has 1 aliphatic rings. The van der Waals surface area contributed by atoms with Crippen LogP contribution in [0.4, 0.5) is 0 Å². The number of hydrogen-bond acceptors (Lipinski definition) is 6. The molecule has 5 nitrogen and oxygen atoms in total. The van der Waals surface area contributed by atoms with Crippen LogP contribution in [0.2, 0.25) is 0 Å². The van der Waals surface area contributed by atoms with Gasteiger partial charge in [0.1, 0.15) is 23.4 Å². The molecule has 1 unspecified atom stereocenters. The molecule has 1 aliphatic heterocycles. The Morgan fingerprint density at radius 3 is 2.63 bits per heavy atom. The average molecular weight is 425 g/mol. The molecule has 2 heterocycles. The van der Waals surface area contributed by atoms with Gasteiger partial charge in [-0.25, -0.2) is 4.98 Å². The first kappa shape index (κ1) is 20.8. The van der Waals surface area contributed by atoms with Crippen molar-refractivity contribution in [3.05, 3.63) is 66.2 Å². The summed E-state index contributed by atoms with van der Waals surface area (Å²) in [6, 6.07) is 15.3. The van der Waals surface area contributed by atoms with Crippen molar-refractivity contribution in [3.8, 4) is 22.8 Å². The normalized spacial score (nSPS) is 15.4. The summed E-state index contributed by atoms with van der Waals surface area (Å²) in [5.41, 5.74) is 1.78. The van der Waals surface area contributed by atoms with Gasteiger partial charge in [-0.15, -0.1) is 11.8 Å². The molecule has 6 heteroatoms. The van der Waals surface area contributed by atoms with Crippen molar-refractivity contribution in [1.29, 1.82) is 0 Å². The first-order valence-corrected chi connectivity index (χ1v) is 11.6. The average Bonchev–Trinajstić information content (AvgIpc) is 3.46. The lowest BCUT2D eigenvalue weighted by Gasteiger charge is -2.15. The van der Waals surface area contributed by atoms with Gasteiger partial charge in [0.05, 0.1) is 6.20 Å². The monoisotopic (exact) mass is 424 g/mol. The van der Waals surface area contributed by atoms with E-state index in [4.69, 9.17) is 9.15 Å². The van der Waals surface area contributed by atoms with E-state index in [1.54, 1.807) is 24.0 Å². The van der Waals surface area contributed by atoms with Crippen molar-refractivity contribution in [1.82, 2.24) is 9.88 Å². The van der Waals surface area contributed by atoms with E-state index in [1.807, 2.05) is 42.5 Å². The molecule has 158 valence electrons. The molecule has 30 heavy (non-hydrogen) atoms. The van der Waals surface area contributed by atoms with Gasteiger partial charge in [-0.1, -0.05) is 25.1 Å². The Kier molecular flexibility index (Phi) is 6.97. The molecule has 0 aliphatic carbocycles. The van der Waals surface area contributed by atoms with Gasteiger partial charge < -0.3 is 14.3 Å². The highest BCUT2D eigenvalue weighted by atomic mass is 32.2. The third-order valence-corrected chi connectivity index (χ3v) is 6.44. The minimum Gasteiger partial charge on any atom is -0.508 e. The van der Waals surface area contributed by atoms with Gasteiger partial charge in [-0.2, -0.15) is 0 Å². The number of hydrogen-bond donors (Lipinski definition) is 1. The second-order valence-electron chi connectivity index (χ2n) is 7.38. The molecule has 0 saturated carbocycles. The Labute approximate surface area is 182 Å². The molecular weight excluding hydrogens is 396 g/mol. The molecular formula is C24H28N2O3S. The molecule has 1 atom stereocenters. The van der Waals surface area contributed by atoms with Gasteiger partial charge in [-0.3, -0.25) is 4.90 Å². The first-order valence-electron chi connectivity index (χ1n) is 10.6. The molecule has 4 rings (SSSR count). The number of ether oxygens (including phenoxy) is 1. The third-order valence-electron chi connectivity index (χ3n) is 5.31. The van der Waals surface area contributed by atoms with Gasteiger partial charge in [-0.05, 0) is 62.0 Å². The molecule has 1 aromatic heterocycles. The molecule has 0 radical (unpaired) electrons. The van der Waals surface area contributed by atoms with Gasteiger partial charge in [0.2, 0.25) is 5.89 Å². The Bertz CT molecular complexity index is 936. The summed E-state index contributed by atoms with van der Waals surface area (Å²) in [7, 11) is 0. The predicted octanol–water partition coefficient (Wildman–Crippen LogP) is 5.36. The van der Waals surface area contributed by atoms with Crippen LogP contribution in [0, 0.1) is 0 Å². The maximum absolute atomic E-state index is 10.3. The standard InChI is InChI=1S/C24H28N2O3S/c1-2-30-23(20-7-3-4-8-21(20)27)24-25-17-22(29-24)18-9-11-19(12-10-18)28-16-15-26-13-5-6-14-26/h3-4,7-12,17,23,27H,2,5-6,13-16H2,1H3. The van der Waals surface area contributed by atoms with E-state index in [1.165, 1.54) is 25.9 Å². The van der Waals surface area contributed by atoms with Crippen LogP contribution in [0.3, 0.4) is 0 Å². The van der Waals surface area contributed by atoms with Crippen LogP contribution in [0.25, 0.3) is 11.3 Å². The van der Waals surface area contributed by atoms with Crippen LogP contribution in [0.5, 0.6) is 11.5 Å². The highest BCUT2D eigenvalue weighted by Crippen LogP contribution is 2.40. The van der Waals surface area contributed by atoms with Crippen LogP contribution >= 0.6 is 11.8 Å². The van der Waals surface area contributed by atoms with Crippen molar-refractivity contribution in [3.63, 3.8) is 0 Å². The number of likely N-dealkylation sites (tertiary alicyclic amines) is 1. The fourth-order valence-corrected chi connectivity index (χ4v) is 4.69. The fourth-order valence-electron chi connectivity index (χ4n) is 3.73. The summed E-state index contributed by atoms with van der Waals surface area (Å²) in [6.07, 6.45) is 4.35. The fraction of sp³-hybridized carbons (Fsp3) is 0.375. The maximum atomic E-state index is 10.3. The number of nitrogens with zero attached hydrogens (tertiary/aromatic N) is 2. The van der Waals surface area contributed by atoms with Crippen molar-refractivity contribution in [2.75, 3.05) is 32.0 Å². The topological polar surface area (TPSA) is 58.7 Å². The number of oxazole rings is 1. The number of para-hydroxylation sites is 1. The van der Waals surface area contributed by atoms with Gasteiger partial charge in [0.25, 0.3) is 0 Å². The summed E-state index contributed by atoms with van der Waals surface area (Å²) in [4.78, 5) is 6.95. The number of thioether (sulfide) groups is 1. The summed E-state index contributed by atoms with van der Waals surface area (Å²) in [6.45, 7) is 6.16. The first-order chi connectivity index (χ1) is 14.7. The molecule has 2 aromatic carbocycles. The van der Waals surface area contributed by atoms with Crippen LogP contribution in [0.15, 0.2) is 59.1 Å². The van der Waals surface area contributed by atoms with Gasteiger partial charge >= 0.3 is 0 Å². The van der Waals surface area contributed by atoms with Gasteiger partial charge in [0, 0.05) is 17.7 Å². The predicted molar refractivity (Wildman–Crippen MR) is 121 cm³/mol. The van der Waals surface area contributed by atoms with E-state index in [9.17, 15) is 5.11 Å². The summed E-state index contributed by atoms with van der Waals surface area (Å²) in [5, 5.41) is 10.1. The van der Waals surface area contributed by atoms with Crippen molar-refractivity contribution in [2.45, 2.75) is 25.0 Å². The van der Waals surface area contributed by atoms with Gasteiger partial charge in [0.15, 0.2) is 5.76 Å². The van der Waals surface area contributed by atoms with E-state index in [0.29, 0.717) is 18.3 Å². The Morgan fingerprint density at radius 2 is 1.90 bits per heavy atom. The number of rotatable bonds is 9. The van der Waals surface area contributed by atoms with Crippen molar-refractivity contribution in [2.24, 2.45) is 0 Å². The van der Waals surface area contributed by atoms with E-state index in [2.05, 4.69) is 16.8 Å². The van der Waals surface area contributed by atoms with Crippen molar-refractivity contribution < 1.29 is 14.3 Å². The lowest BCUT2D eigenvalue weighted by Crippen LogP contribution is -2.25. The minimum atomic E-state index is -0.141. The van der Waals surface area contributed by atoms with E-state index in [-0.39, 0.29) is 11.0 Å². The highest BCUT2D eigenvalue weighted by Gasteiger charge is 2.23. The number of aromatic nitrogens is 1. The smallest absolute Gasteiger partial charge is 0.212 e. The lowest BCUT2D eigenvalue weighted by atomic mass is 10.1. The van der Waals surface area contributed by atoms with Crippen molar-refractivity contribution >= 4 is 11.8 Å². The number of phenols is 1. The molecule has 0 spiro atoms. The van der Waals surface area contributed by atoms with Crippen LogP contribution in [0.1, 0.15) is 36.5 Å². The molecule has 1 N–H and O–H groups in total. The van der Waals surface area contributed by atoms with E-state index >= 15 is 0 Å². The lowest BCUT2D eigenvalue weighted by molar-refractivity contribution is 0.238. The summed E-state index contributed by atoms with van der Waals surface area (Å²) >= 11 is 1.69. The van der Waals surface area contributed by atoms with Crippen LogP contribution < -0.4 is 4.74 Å². The van der Waals surface area contributed by atoms with E-state index < -0.39 is 0 Å². The zero-order valence-corrected chi connectivity index (χ0v) is 18.1. The van der Waals surface area contributed by atoms with E-state index in [0.717, 1.165) is 29.2 Å². The summed E-state index contributed by atoms with van der Waals surface area (Å²) < 4.78 is 12.0. The van der Waals surface area contributed by atoms with Crippen LogP contribution in [-0.4, -0.2) is 47.0 Å². The van der Waals surface area contributed by atoms with Crippen LogP contribution in [-0.2, 0) is 0 Å². The number of aromatic hydroxyl groups is 1. The number of benzene rings is 2. The Balaban J connectivity index is 1.43. The molecule has 1 fully saturated rings. The second kappa shape index (κ2) is 10.0. The molecule has 3 aromatic rings. The number of phenolic OH excluding ortho intramolecular Hbond substituents is 1. The quantitative estimate of drug-likeness (QED) is 0.499. The highest BCUT2D eigenvalue weighted by molar-refractivity contribution is 7.99. The Morgan fingerprint density at radius 1 is 1.13 bits per heavy atom. The zero-order chi connectivity index (χ0) is 20.8. The molecule has 0 bridgehead atoms. The minimum absolute atomic E-state index is 0.141. The third kappa shape index (κ3) is 4.99. The Hall–Kier alpha value is -2.44.